The molecule has 0 atom stereocenters. The molecule has 0 bridgehead atoms. The summed E-state index contributed by atoms with van der Waals surface area (Å²) >= 11 is 6.83. The standard InChI is InChI=1S/C19H16Br2N2O2/c1-2-3-16-17(19(24)25)18(12-4-6-13(20)7-5-12)22-23(16)15-10-8-14(21)9-11-15/h4-11H,2-3H2,1H3,(H,24,25). The highest BCUT2D eigenvalue weighted by atomic mass is 79.9. The zero-order chi connectivity index (χ0) is 18.0. The average molecular weight is 464 g/mol. The third kappa shape index (κ3) is 3.70. The predicted octanol–water partition coefficient (Wildman–Crippen LogP) is 5.72. The predicted molar refractivity (Wildman–Crippen MR) is 105 cm³/mol. The van der Waals surface area contributed by atoms with Crippen LogP contribution in [0.25, 0.3) is 16.9 Å². The van der Waals surface area contributed by atoms with Gasteiger partial charge in [0.25, 0.3) is 0 Å². The van der Waals surface area contributed by atoms with Gasteiger partial charge in [-0.2, -0.15) is 5.10 Å². The Labute approximate surface area is 162 Å². The van der Waals surface area contributed by atoms with Crippen LogP contribution in [-0.4, -0.2) is 20.9 Å². The summed E-state index contributed by atoms with van der Waals surface area (Å²) in [6, 6.07) is 15.2. The van der Waals surface area contributed by atoms with E-state index >= 15 is 0 Å². The Morgan fingerprint density at radius 1 is 1.04 bits per heavy atom. The highest BCUT2D eigenvalue weighted by molar-refractivity contribution is 9.10. The summed E-state index contributed by atoms with van der Waals surface area (Å²) in [6.07, 6.45) is 1.48. The largest absolute Gasteiger partial charge is 0.478 e. The molecule has 128 valence electrons. The molecule has 1 aromatic heterocycles. The van der Waals surface area contributed by atoms with Crippen LogP contribution in [0.5, 0.6) is 0 Å². The molecule has 2 aromatic carbocycles. The van der Waals surface area contributed by atoms with Crippen molar-refractivity contribution < 1.29 is 9.90 Å². The van der Waals surface area contributed by atoms with Crippen LogP contribution in [-0.2, 0) is 6.42 Å². The first-order valence-corrected chi connectivity index (χ1v) is 9.47. The summed E-state index contributed by atoms with van der Waals surface area (Å²) in [7, 11) is 0. The van der Waals surface area contributed by atoms with Crippen molar-refractivity contribution in [2.24, 2.45) is 0 Å². The van der Waals surface area contributed by atoms with E-state index in [2.05, 4.69) is 37.0 Å². The minimum absolute atomic E-state index is 0.270. The van der Waals surface area contributed by atoms with E-state index in [1.165, 1.54) is 0 Å². The Morgan fingerprint density at radius 3 is 2.12 bits per heavy atom. The third-order valence-electron chi connectivity index (χ3n) is 3.87. The fourth-order valence-electron chi connectivity index (χ4n) is 2.75. The first-order chi connectivity index (χ1) is 12.0. The van der Waals surface area contributed by atoms with Gasteiger partial charge in [0.05, 0.1) is 11.4 Å². The molecule has 4 nitrogen and oxygen atoms in total. The first kappa shape index (κ1) is 17.9. The number of hydrogen-bond acceptors (Lipinski definition) is 2. The number of nitrogens with zero attached hydrogens (tertiary/aromatic N) is 2. The van der Waals surface area contributed by atoms with Gasteiger partial charge in [0.1, 0.15) is 11.3 Å². The lowest BCUT2D eigenvalue weighted by atomic mass is 10.0. The smallest absolute Gasteiger partial charge is 0.339 e. The second kappa shape index (κ2) is 7.54. The topological polar surface area (TPSA) is 55.1 Å². The van der Waals surface area contributed by atoms with Crippen molar-refractivity contribution in [1.29, 1.82) is 0 Å². The molecule has 0 unspecified atom stereocenters. The average Bonchev–Trinajstić information content (AvgIpc) is 2.96. The molecular formula is C19H16Br2N2O2. The van der Waals surface area contributed by atoms with E-state index in [0.29, 0.717) is 12.1 Å². The second-order valence-electron chi connectivity index (χ2n) is 5.62. The maximum absolute atomic E-state index is 12.0. The van der Waals surface area contributed by atoms with Crippen molar-refractivity contribution in [3.63, 3.8) is 0 Å². The quantitative estimate of drug-likeness (QED) is 0.526. The van der Waals surface area contributed by atoms with Crippen molar-refractivity contribution in [1.82, 2.24) is 9.78 Å². The molecule has 0 fully saturated rings. The number of carboxylic acids is 1. The molecule has 3 rings (SSSR count). The summed E-state index contributed by atoms with van der Waals surface area (Å²) in [5.74, 6) is -0.954. The molecule has 0 spiro atoms. The summed E-state index contributed by atoms with van der Waals surface area (Å²) in [5, 5.41) is 14.5. The van der Waals surface area contributed by atoms with Crippen molar-refractivity contribution in [3.8, 4) is 16.9 Å². The maximum atomic E-state index is 12.0. The van der Waals surface area contributed by atoms with Gasteiger partial charge in [-0.25, -0.2) is 9.48 Å². The van der Waals surface area contributed by atoms with Crippen LogP contribution in [0, 0.1) is 0 Å². The first-order valence-electron chi connectivity index (χ1n) is 7.88. The molecule has 0 saturated heterocycles. The number of halogens is 2. The van der Waals surface area contributed by atoms with Crippen LogP contribution in [0.4, 0.5) is 0 Å². The molecule has 1 N–H and O–H groups in total. The van der Waals surface area contributed by atoms with Crippen molar-refractivity contribution in [2.75, 3.05) is 0 Å². The van der Waals surface area contributed by atoms with E-state index in [0.717, 1.165) is 32.3 Å². The van der Waals surface area contributed by atoms with E-state index in [9.17, 15) is 9.90 Å². The Bertz CT molecular complexity index is 900. The summed E-state index contributed by atoms with van der Waals surface area (Å²) < 4.78 is 3.65. The minimum Gasteiger partial charge on any atom is -0.478 e. The summed E-state index contributed by atoms with van der Waals surface area (Å²) in [4.78, 5) is 12.0. The SMILES string of the molecule is CCCc1c(C(=O)O)c(-c2ccc(Br)cc2)nn1-c1ccc(Br)cc1. The number of aromatic nitrogens is 2. The summed E-state index contributed by atoms with van der Waals surface area (Å²) in [5.41, 5.74) is 3.11. The van der Waals surface area contributed by atoms with Crippen LogP contribution in [0.15, 0.2) is 57.5 Å². The lowest BCUT2D eigenvalue weighted by Gasteiger charge is -2.07. The zero-order valence-electron chi connectivity index (χ0n) is 13.5. The fraction of sp³-hybridized carbons (Fsp3) is 0.158. The van der Waals surface area contributed by atoms with Gasteiger partial charge in [-0.15, -0.1) is 0 Å². The van der Waals surface area contributed by atoms with Crippen LogP contribution >= 0.6 is 31.9 Å². The van der Waals surface area contributed by atoms with E-state index in [-0.39, 0.29) is 5.56 Å². The highest BCUT2D eigenvalue weighted by Gasteiger charge is 2.24. The maximum Gasteiger partial charge on any atom is 0.339 e. The van der Waals surface area contributed by atoms with Crippen LogP contribution in [0.1, 0.15) is 29.4 Å². The fourth-order valence-corrected chi connectivity index (χ4v) is 3.28. The third-order valence-corrected chi connectivity index (χ3v) is 4.93. The number of aromatic carboxylic acids is 1. The van der Waals surface area contributed by atoms with Gasteiger partial charge >= 0.3 is 5.97 Å². The monoisotopic (exact) mass is 462 g/mol. The Hall–Kier alpha value is -1.92. The van der Waals surface area contributed by atoms with Gasteiger partial charge in [-0.05, 0) is 42.8 Å². The Balaban J connectivity index is 2.24. The number of benzene rings is 2. The number of carboxylic acid groups (broad SMARTS) is 1. The molecule has 3 aromatic rings. The number of carbonyl (C=O) groups is 1. The lowest BCUT2D eigenvalue weighted by Crippen LogP contribution is -2.06. The van der Waals surface area contributed by atoms with E-state index < -0.39 is 5.97 Å². The molecule has 25 heavy (non-hydrogen) atoms. The normalized spacial score (nSPS) is 10.8. The molecule has 0 amide bonds. The second-order valence-corrected chi connectivity index (χ2v) is 7.45. The van der Waals surface area contributed by atoms with Gasteiger partial charge < -0.3 is 5.11 Å². The van der Waals surface area contributed by atoms with Gasteiger partial charge in [-0.3, -0.25) is 0 Å². The lowest BCUT2D eigenvalue weighted by molar-refractivity contribution is 0.0696. The molecule has 0 saturated carbocycles. The molecule has 0 radical (unpaired) electrons. The molecule has 6 heteroatoms. The Kier molecular flexibility index (Phi) is 5.39. The van der Waals surface area contributed by atoms with Gasteiger partial charge in [-0.1, -0.05) is 57.3 Å². The van der Waals surface area contributed by atoms with Gasteiger partial charge in [0.2, 0.25) is 0 Å². The number of rotatable bonds is 5. The number of hydrogen-bond donors (Lipinski definition) is 1. The minimum atomic E-state index is -0.954. The van der Waals surface area contributed by atoms with Gasteiger partial charge in [0.15, 0.2) is 0 Å². The van der Waals surface area contributed by atoms with E-state index in [4.69, 9.17) is 0 Å². The zero-order valence-corrected chi connectivity index (χ0v) is 16.7. The molecular weight excluding hydrogens is 448 g/mol. The van der Waals surface area contributed by atoms with E-state index in [1.807, 2.05) is 55.5 Å². The van der Waals surface area contributed by atoms with Crippen molar-refractivity contribution in [2.45, 2.75) is 19.8 Å². The molecule has 0 aliphatic carbocycles. The van der Waals surface area contributed by atoms with E-state index in [1.54, 1.807) is 4.68 Å². The van der Waals surface area contributed by atoms with Crippen LogP contribution in [0.3, 0.4) is 0 Å². The van der Waals surface area contributed by atoms with Crippen LogP contribution in [0.2, 0.25) is 0 Å². The summed E-state index contributed by atoms with van der Waals surface area (Å²) in [6.45, 7) is 2.03. The van der Waals surface area contributed by atoms with Crippen molar-refractivity contribution in [3.05, 3.63) is 68.7 Å². The van der Waals surface area contributed by atoms with Crippen molar-refractivity contribution >= 4 is 37.8 Å². The molecule has 0 aliphatic heterocycles. The highest BCUT2D eigenvalue weighted by Crippen LogP contribution is 2.30. The van der Waals surface area contributed by atoms with Crippen LogP contribution < -0.4 is 0 Å². The Morgan fingerprint density at radius 2 is 1.60 bits per heavy atom. The van der Waals surface area contributed by atoms with Gasteiger partial charge in [0, 0.05) is 14.5 Å². The molecule has 1 heterocycles. The molecule has 0 aliphatic rings.